The molecule has 1 saturated heterocycles. The molecular weight excluding hydrogens is 372 g/mol. The van der Waals surface area contributed by atoms with E-state index in [9.17, 15) is 4.79 Å². The Labute approximate surface area is 167 Å². The van der Waals surface area contributed by atoms with Crippen LogP contribution in [0.2, 0.25) is 0 Å². The Hall–Kier alpha value is -2.61. The van der Waals surface area contributed by atoms with Crippen molar-refractivity contribution in [2.24, 2.45) is 5.92 Å². The summed E-state index contributed by atoms with van der Waals surface area (Å²) in [4.78, 5) is 25.4. The van der Waals surface area contributed by atoms with Gasteiger partial charge < -0.3 is 9.47 Å². The summed E-state index contributed by atoms with van der Waals surface area (Å²) in [6.07, 6.45) is 11.7. The minimum Gasteiger partial charge on any atom is -0.342 e. The smallest absolute Gasteiger partial charge is 0.226 e. The van der Waals surface area contributed by atoms with E-state index < -0.39 is 0 Å². The van der Waals surface area contributed by atoms with Gasteiger partial charge >= 0.3 is 0 Å². The van der Waals surface area contributed by atoms with Crippen LogP contribution < -0.4 is 0 Å². The maximum atomic E-state index is 13.1. The lowest BCUT2D eigenvalue weighted by Crippen LogP contribution is -2.43. The topological polar surface area (TPSA) is 76.8 Å². The Kier molecular flexibility index (Phi) is 4.64. The highest BCUT2D eigenvalue weighted by Crippen LogP contribution is 2.35. The third-order valence-electron chi connectivity index (χ3n) is 5.85. The Morgan fingerprint density at radius 2 is 1.82 bits per heavy atom. The van der Waals surface area contributed by atoms with Gasteiger partial charge in [-0.3, -0.25) is 9.78 Å². The molecule has 1 atom stereocenters. The van der Waals surface area contributed by atoms with Gasteiger partial charge in [-0.15, -0.1) is 21.5 Å². The van der Waals surface area contributed by atoms with Gasteiger partial charge in [-0.25, -0.2) is 4.98 Å². The minimum absolute atomic E-state index is 0.0614. The standard InChI is InChI=1S/C20H22N6OS/c27-20(25-9-5-16(6-10-25)26-12-22-23-13-26)15-1-2-18-17(11-15)24-19(28-18)14-3-7-21-8-4-14/h3-4,7-8,12-13,15-16H,1-2,5-6,9-11H2. The first-order chi connectivity index (χ1) is 13.8. The zero-order valence-corrected chi connectivity index (χ0v) is 16.4. The highest BCUT2D eigenvalue weighted by molar-refractivity contribution is 7.15. The van der Waals surface area contributed by atoms with Gasteiger partial charge in [-0.1, -0.05) is 0 Å². The second kappa shape index (κ2) is 7.43. The lowest BCUT2D eigenvalue weighted by Gasteiger charge is -2.35. The predicted octanol–water partition coefficient (Wildman–Crippen LogP) is 2.77. The minimum atomic E-state index is 0.0614. The SMILES string of the molecule is O=C(C1CCc2sc(-c3ccncc3)nc2C1)N1CCC(n2cnnc2)CC1. The van der Waals surface area contributed by atoms with Gasteiger partial charge in [0.25, 0.3) is 0 Å². The van der Waals surface area contributed by atoms with Crippen LogP contribution in [0, 0.1) is 5.92 Å². The van der Waals surface area contributed by atoms with E-state index in [-0.39, 0.29) is 5.92 Å². The normalized spacial score (nSPS) is 20.1. The third kappa shape index (κ3) is 3.32. The molecule has 0 N–H and O–H groups in total. The molecule has 0 spiro atoms. The molecule has 0 radical (unpaired) electrons. The molecule has 5 rings (SSSR count). The van der Waals surface area contributed by atoms with E-state index in [0.717, 1.165) is 61.5 Å². The number of hydrogen-bond acceptors (Lipinski definition) is 6. The number of pyridine rings is 1. The number of likely N-dealkylation sites (tertiary alicyclic amines) is 1. The number of carbonyl (C=O) groups is 1. The number of aryl methyl sites for hydroxylation is 1. The van der Waals surface area contributed by atoms with Crippen molar-refractivity contribution in [2.45, 2.75) is 38.1 Å². The van der Waals surface area contributed by atoms with Gasteiger partial charge in [0.05, 0.1) is 5.69 Å². The Morgan fingerprint density at radius 1 is 1.07 bits per heavy atom. The molecule has 1 amide bonds. The van der Waals surface area contributed by atoms with Crippen LogP contribution in [-0.2, 0) is 17.6 Å². The molecule has 1 unspecified atom stereocenters. The summed E-state index contributed by atoms with van der Waals surface area (Å²) < 4.78 is 2.06. The molecule has 0 bridgehead atoms. The van der Waals surface area contributed by atoms with Crippen molar-refractivity contribution in [3.8, 4) is 10.6 Å². The highest BCUT2D eigenvalue weighted by Gasteiger charge is 2.32. The Balaban J connectivity index is 1.24. The van der Waals surface area contributed by atoms with Gasteiger partial charge in [0.2, 0.25) is 5.91 Å². The molecule has 0 saturated carbocycles. The highest BCUT2D eigenvalue weighted by atomic mass is 32.1. The van der Waals surface area contributed by atoms with Gasteiger partial charge in [-0.05, 0) is 37.8 Å². The Bertz CT molecular complexity index is 947. The van der Waals surface area contributed by atoms with E-state index in [4.69, 9.17) is 4.98 Å². The van der Waals surface area contributed by atoms with Crippen molar-refractivity contribution in [1.29, 1.82) is 0 Å². The molecule has 8 heteroatoms. The fourth-order valence-corrected chi connectivity index (χ4v) is 5.36. The molecule has 0 aromatic carbocycles. The van der Waals surface area contributed by atoms with Gasteiger partial charge in [0, 0.05) is 54.3 Å². The quantitative estimate of drug-likeness (QED) is 0.683. The van der Waals surface area contributed by atoms with Gasteiger partial charge in [0.1, 0.15) is 17.7 Å². The van der Waals surface area contributed by atoms with Gasteiger partial charge in [0.15, 0.2) is 0 Å². The predicted molar refractivity (Wildman–Crippen MR) is 106 cm³/mol. The van der Waals surface area contributed by atoms with E-state index in [1.54, 1.807) is 36.4 Å². The summed E-state index contributed by atoms with van der Waals surface area (Å²) in [5, 5.41) is 8.82. The fourth-order valence-electron chi connectivity index (χ4n) is 4.25. The fraction of sp³-hybridized carbons (Fsp3) is 0.450. The molecule has 28 heavy (non-hydrogen) atoms. The average molecular weight is 395 g/mol. The lowest BCUT2D eigenvalue weighted by atomic mass is 9.89. The van der Waals surface area contributed by atoms with Crippen LogP contribution in [-0.4, -0.2) is 48.6 Å². The first kappa shape index (κ1) is 17.5. The first-order valence-electron chi connectivity index (χ1n) is 9.80. The number of amides is 1. The van der Waals surface area contributed by atoms with E-state index >= 15 is 0 Å². The van der Waals surface area contributed by atoms with Crippen molar-refractivity contribution >= 4 is 17.2 Å². The monoisotopic (exact) mass is 394 g/mol. The molecule has 2 aliphatic rings. The number of thiazole rings is 1. The molecule has 7 nitrogen and oxygen atoms in total. The van der Waals surface area contributed by atoms with Crippen LogP contribution in [0.15, 0.2) is 37.2 Å². The second-order valence-corrected chi connectivity index (χ2v) is 8.61. The number of aromatic nitrogens is 5. The molecule has 4 heterocycles. The molecule has 3 aromatic rings. The van der Waals surface area contributed by atoms with Crippen LogP contribution in [0.3, 0.4) is 0 Å². The third-order valence-corrected chi connectivity index (χ3v) is 7.06. The molecular formula is C20H22N6OS. The largest absolute Gasteiger partial charge is 0.342 e. The van der Waals surface area contributed by atoms with E-state index in [2.05, 4.69) is 19.7 Å². The lowest BCUT2D eigenvalue weighted by molar-refractivity contribution is -0.137. The number of rotatable bonds is 3. The van der Waals surface area contributed by atoms with E-state index in [0.29, 0.717) is 11.9 Å². The maximum Gasteiger partial charge on any atom is 0.226 e. The van der Waals surface area contributed by atoms with Crippen molar-refractivity contribution in [1.82, 2.24) is 29.6 Å². The first-order valence-corrected chi connectivity index (χ1v) is 10.6. The summed E-state index contributed by atoms with van der Waals surface area (Å²) in [5.74, 6) is 0.359. The van der Waals surface area contributed by atoms with Crippen molar-refractivity contribution in [3.63, 3.8) is 0 Å². The summed E-state index contributed by atoms with van der Waals surface area (Å²) in [6, 6.07) is 4.39. The zero-order chi connectivity index (χ0) is 18.9. The van der Waals surface area contributed by atoms with Crippen LogP contribution in [0.5, 0.6) is 0 Å². The van der Waals surface area contributed by atoms with Crippen molar-refractivity contribution in [3.05, 3.63) is 47.8 Å². The summed E-state index contributed by atoms with van der Waals surface area (Å²) in [6.45, 7) is 1.62. The maximum absolute atomic E-state index is 13.1. The van der Waals surface area contributed by atoms with Crippen LogP contribution in [0.25, 0.3) is 10.6 Å². The van der Waals surface area contributed by atoms with E-state index in [1.165, 1.54) is 4.88 Å². The molecule has 1 fully saturated rings. The molecule has 1 aliphatic heterocycles. The number of carbonyl (C=O) groups excluding carboxylic acids is 1. The number of hydrogen-bond donors (Lipinski definition) is 0. The molecule has 144 valence electrons. The summed E-state index contributed by atoms with van der Waals surface area (Å²) >= 11 is 1.76. The number of nitrogens with zero attached hydrogens (tertiary/aromatic N) is 6. The summed E-state index contributed by atoms with van der Waals surface area (Å²) in [5.41, 5.74) is 2.22. The van der Waals surface area contributed by atoms with Crippen LogP contribution in [0.4, 0.5) is 0 Å². The van der Waals surface area contributed by atoms with Gasteiger partial charge in [-0.2, -0.15) is 0 Å². The number of fused-ring (bicyclic) bond motifs is 1. The zero-order valence-electron chi connectivity index (χ0n) is 15.6. The van der Waals surface area contributed by atoms with Crippen molar-refractivity contribution < 1.29 is 4.79 Å². The van der Waals surface area contributed by atoms with E-state index in [1.807, 2.05) is 17.0 Å². The van der Waals surface area contributed by atoms with Crippen molar-refractivity contribution in [2.75, 3.05) is 13.1 Å². The second-order valence-electron chi connectivity index (χ2n) is 7.53. The number of piperidine rings is 1. The summed E-state index contributed by atoms with van der Waals surface area (Å²) in [7, 11) is 0. The van der Waals surface area contributed by atoms with Crippen LogP contribution in [0.1, 0.15) is 35.9 Å². The molecule has 3 aromatic heterocycles. The average Bonchev–Trinajstić information content (AvgIpc) is 3.43. The Morgan fingerprint density at radius 3 is 2.57 bits per heavy atom. The van der Waals surface area contributed by atoms with Crippen LogP contribution >= 0.6 is 11.3 Å². The molecule has 1 aliphatic carbocycles.